The molecule has 0 bridgehead atoms. The van der Waals surface area contributed by atoms with E-state index in [1.54, 1.807) is 68.1 Å². The van der Waals surface area contributed by atoms with Gasteiger partial charge in [-0.1, -0.05) is 18.2 Å². The summed E-state index contributed by atoms with van der Waals surface area (Å²) in [5.41, 5.74) is 3.30. The van der Waals surface area contributed by atoms with Crippen LogP contribution in [-0.4, -0.2) is 32.9 Å². The standard InChI is InChI=1S/C28H23N7O2/c1-29-28-32-18-15-24(35-28)22-9-5-17-31-27(22)37-21-13-11-20(12-14-21)34-26(36)23-10-6-16-30-25(23)33-19-7-3-2-4-8-19/h2-18H,1H3,(H,30,33)(H,34,36)(H,29,32,35). The van der Waals surface area contributed by atoms with E-state index in [9.17, 15) is 4.79 Å². The van der Waals surface area contributed by atoms with Crippen LogP contribution in [0.5, 0.6) is 11.6 Å². The second-order valence-electron chi connectivity index (χ2n) is 7.84. The maximum atomic E-state index is 13.0. The van der Waals surface area contributed by atoms with E-state index in [0.717, 1.165) is 11.3 Å². The zero-order valence-electron chi connectivity index (χ0n) is 19.9. The molecule has 182 valence electrons. The van der Waals surface area contributed by atoms with Crippen molar-refractivity contribution in [3.8, 4) is 22.9 Å². The zero-order valence-corrected chi connectivity index (χ0v) is 19.9. The summed E-state index contributed by atoms with van der Waals surface area (Å²) in [5, 5.41) is 9.03. The van der Waals surface area contributed by atoms with Gasteiger partial charge in [0.25, 0.3) is 5.91 Å². The van der Waals surface area contributed by atoms with Crippen molar-refractivity contribution in [2.75, 3.05) is 23.0 Å². The fraction of sp³-hybridized carbons (Fsp3) is 0.0357. The zero-order chi connectivity index (χ0) is 25.5. The maximum Gasteiger partial charge on any atom is 0.259 e. The van der Waals surface area contributed by atoms with Crippen molar-refractivity contribution in [2.24, 2.45) is 0 Å². The Morgan fingerprint density at radius 3 is 2.35 bits per heavy atom. The van der Waals surface area contributed by atoms with Crippen LogP contribution in [0.1, 0.15) is 10.4 Å². The molecule has 5 rings (SSSR count). The van der Waals surface area contributed by atoms with Gasteiger partial charge in [-0.3, -0.25) is 4.79 Å². The third-order valence-electron chi connectivity index (χ3n) is 5.34. The normalized spacial score (nSPS) is 10.4. The maximum absolute atomic E-state index is 13.0. The minimum atomic E-state index is -0.281. The third kappa shape index (κ3) is 5.68. The van der Waals surface area contributed by atoms with Crippen molar-refractivity contribution < 1.29 is 9.53 Å². The number of carbonyl (C=O) groups excluding carboxylic acids is 1. The van der Waals surface area contributed by atoms with Crippen LogP contribution >= 0.6 is 0 Å². The van der Waals surface area contributed by atoms with Gasteiger partial charge in [-0.15, -0.1) is 0 Å². The Kier molecular flexibility index (Phi) is 6.94. The van der Waals surface area contributed by atoms with Gasteiger partial charge in [-0.05, 0) is 66.7 Å². The van der Waals surface area contributed by atoms with Crippen LogP contribution in [0.2, 0.25) is 0 Å². The number of nitrogens with zero attached hydrogens (tertiary/aromatic N) is 4. The summed E-state index contributed by atoms with van der Waals surface area (Å²) in [4.78, 5) is 30.3. The number of hydrogen-bond donors (Lipinski definition) is 3. The molecule has 0 saturated heterocycles. The van der Waals surface area contributed by atoms with E-state index in [4.69, 9.17) is 4.74 Å². The van der Waals surface area contributed by atoms with Crippen LogP contribution in [-0.2, 0) is 0 Å². The molecule has 0 aliphatic rings. The first-order valence-electron chi connectivity index (χ1n) is 11.5. The third-order valence-corrected chi connectivity index (χ3v) is 5.34. The number of nitrogens with one attached hydrogen (secondary N) is 3. The van der Waals surface area contributed by atoms with Gasteiger partial charge >= 0.3 is 0 Å². The average molecular weight is 490 g/mol. The van der Waals surface area contributed by atoms with E-state index in [1.807, 2.05) is 42.5 Å². The van der Waals surface area contributed by atoms with Crippen LogP contribution in [0.3, 0.4) is 0 Å². The van der Waals surface area contributed by atoms with Crippen molar-refractivity contribution in [3.05, 3.63) is 109 Å². The number of amides is 1. The first-order valence-corrected chi connectivity index (χ1v) is 11.5. The van der Waals surface area contributed by atoms with Gasteiger partial charge in [0.05, 0.1) is 16.8 Å². The lowest BCUT2D eigenvalue weighted by atomic mass is 10.2. The Hall–Kier alpha value is -5.31. The number of para-hydroxylation sites is 1. The lowest BCUT2D eigenvalue weighted by molar-refractivity contribution is 0.102. The number of ether oxygens (including phenoxy) is 1. The van der Waals surface area contributed by atoms with E-state index in [2.05, 4.69) is 35.9 Å². The van der Waals surface area contributed by atoms with Crippen LogP contribution in [0, 0.1) is 0 Å². The average Bonchev–Trinajstić information content (AvgIpc) is 2.95. The minimum Gasteiger partial charge on any atom is -0.438 e. The Bertz CT molecular complexity index is 1510. The molecule has 0 fully saturated rings. The van der Waals surface area contributed by atoms with Crippen molar-refractivity contribution in [1.29, 1.82) is 0 Å². The lowest BCUT2D eigenvalue weighted by Gasteiger charge is -2.12. The van der Waals surface area contributed by atoms with E-state index >= 15 is 0 Å². The summed E-state index contributed by atoms with van der Waals surface area (Å²) >= 11 is 0. The molecule has 0 unspecified atom stereocenters. The Labute approximate surface area is 213 Å². The molecule has 0 aliphatic heterocycles. The fourth-order valence-corrected chi connectivity index (χ4v) is 3.56. The second-order valence-corrected chi connectivity index (χ2v) is 7.84. The molecular formula is C28H23N7O2. The van der Waals surface area contributed by atoms with Crippen LogP contribution in [0.25, 0.3) is 11.3 Å². The fourth-order valence-electron chi connectivity index (χ4n) is 3.56. The quantitative estimate of drug-likeness (QED) is 0.252. The highest BCUT2D eigenvalue weighted by atomic mass is 16.5. The molecular weight excluding hydrogens is 466 g/mol. The smallest absolute Gasteiger partial charge is 0.259 e. The summed E-state index contributed by atoms with van der Waals surface area (Å²) in [5.74, 6) is 1.67. The topological polar surface area (TPSA) is 114 Å². The van der Waals surface area contributed by atoms with Gasteiger partial charge in [0, 0.05) is 37.0 Å². The van der Waals surface area contributed by atoms with Gasteiger partial charge in [-0.2, -0.15) is 0 Å². The van der Waals surface area contributed by atoms with Gasteiger partial charge in [0.15, 0.2) is 0 Å². The van der Waals surface area contributed by atoms with Gasteiger partial charge < -0.3 is 20.7 Å². The Morgan fingerprint density at radius 1 is 0.757 bits per heavy atom. The van der Waals surface area contributed by atoms with Gasteiger partial charge in [0.1, 0.15) is 11.6 Å². The van der Waals surface area contributed by atoms with Gasteiger partial charge in [0.2, 0.25) is 11.8 Å². The van der Waals surface area contributed by atoms with E-state index in [-0.39, 0.29) is 5.91 Å². The molecule has 3 heterocycles. The summed E-state index contributed by atoms with van der Waals surface area (Å²) < 4.78 is 6.04. The summed E-state index contributed by atoms with van der Waals surface area (Å²) in [6.45, 7) is 0. The number of anilines is 4. The highest BCUT2D eigenvalue weighted by molar-refractivity contribution is 6.07. The molecule has 9 nitrogen and oxygen atoms in total. The molecule has 3 aromatic heterocycles. The highest BCUT2D eigenvalue weighted by Gasteiger charge is 2.14. The van der Waals surface area contributed by atoms with E-state index in [0.29, 0.717) is 40.3 Å². The molecule has 0 radical (unpaired) electrons. The molecule has 0 aliphatic carbocycles. The summed E-state index contributed by atoms with van der Waals surface area (Å²) in [6.07, 6.45) is 4.97. The van der Waals surface area contributed by atoms with Crippen molar-refractivity contribution in [2.45, 2.75) is 0 Å². The molecule has 37 heavy (non-hydrogen) atoms. The SMILES string of the molecule is CNc1nccc(-c2cccnc2Oc2ccc(NC(=O)c3cccnc3Nc3ccccc3)cc2)n1. The molecule has 2 aromatic carbocycles. The van der Waals surface area contributed by atoms with Crippen molar-refractivity contribution in [3.63, 3.8) is 0 Å². The molecule has 0 spiro atoms. The molecule has 1 amide bonds. The number of pyridine rings is 2. The number of rotatable bonds is 8. The predicted molar refractivity (Wildman–Crippen MR) is 143 cm³/mol. The number of benzene rings is 2. The number of hydrogen-bond acceptors (Lipinski definition) is 8. The van der Waals surface area contributed by atoms with Crippen LogP contribution < -0.4 is 20.7 Å². The molecule has 9 heteroatoms. The van der Waals surface area contributed by atoms with Crippen LogP contribution in [0.15, 0.2) is 104 Å². The summed E-state index contributed by atoms with van der Waals surface area (Å²) in [6, 6.07) is 25.6. The first-order chi connectivity index (χ1) is 18.2. The van der Waals surface area contributed by atoms with Crippen molar-refractivity contribution in [1.82, 2.24) is 19.9 Å². The van der Waals surface area contributed by atoms with E-state index < -0.39 is 0 Å². The van der Waals surface area contributed by atoms with Crippen LogP contribution in [0.4, 0.5) is 23.1 Å². The Morgan fingerprint density at radius 2 is 1.54 bits per heavy atom. The van der Waals surface area contributed by atoms with Gasteiger partial charge in [-0.25, -0.2) is 19.9 Å². The minimum absolute atomic E-state index is 0.281. The van der Waals surface area contributed by atoms with E-state index in [1.165, 1.54) is 0 Å². The monoisotopic (exact) mass is 489 g/mol. The van der Waals surface area contributed by atoms with Crippen molar-refractivity contribution >= 4 is 29.0 Å². The molecule has 3 N–H and O–H groups in total. The highest BCUT2D eigenvalue weighted by Crippen LogP contribution is 2.31. The largest absolute Gasteiger partial charge is 0.438 e. The number of carbonyl (C=O) groups is 1. The summed E-state index contributed by atoms with van der Waals surface area (Å²) in [7, 11) is 1.76. The molecule has 0 atom stereocenters. The predicted octanol–water partition coefficient (Wildman–Crippen LogP) is 5.76. The first kappa shape index (κ1) is 23.4. The second kappa shape index (κ2) is 11.0. The molecule has 5 aromatic rings. The number of aromatic nitrogens is 4. The molecule has 0 saturated carbocycles. The lowest BCUT2D eigenvalue weighted by Crippen LogP contribution is -2.14. The Balaban J connectivity index is 1.30.